The second-order valence-corrected chi connectivity index (χ2v) is 5.16. The lowest BCUT2D eigenvalue weighted by atomic mass is 9.92. The third-order valence-electron chi connectivity index (χ3n) is 3.82. The molecule has 1 aliphatic carbocycles. The first kappa shape index (κ1) is 14.2. The van der Waals surface area contributed by atoms with Crippen molar-refractivity contribution in [3.8, 4) is 23.0 Å². The van der Waals surface area contributed by atoms with Gasteiger partial charge in [0.1, 0.15) is 0 Å². The molecule has 0 radical (unpaired) electrons. The predicted octanol–water partition coefficient (Wildman–Crippen LogP) is 4.00. The number of rotatable bonds is 3. The largest absolute Gasteiger partial charge is 0.369 e. The lowest BCUT2D eigenvalue weighted by Crippen LogP contribution is -2.22. The fourth-order valence-electron chi connectivity index (χ4n) is 2.82. The topological polar surface area (TPSA) is 69.0 Å². The minimum absolute atomic E-state index is 0.427. The Morgan fingerprint density at radius 2 is 1.64 bits per heavy atom. The van der Waals surface area contributed by atoms with Gasteiger partial charge < -0.3 is 5.11 Å². The van der Waals surface area contributed by atoms with Crippen molar-refractivity contribution in [2.24, 2.45) is 5.11 Å². The molecule has 0 amide bonds. The van der Waals surface area contributed by atoms with Crippen molar-refractivity contribution in [3.05, 3.63) is 70.1 Å². The van der Waals surface area contributed by atoms with E-state index in [1.807, 2.05) is 48.5 Å². The van der Waals surface area contributed by atoms with Gasteiger partial charge in [-0.05, 0) is 23.1 Å². The number of benzene rings is 2. The Bertz CT molecular complexity index is 765. The van der Waals surface area contributed by atoms with Gasteiger partial charge in [0.15, 0.2) is 5.60 Å². The highest BCUT2D eigenvalue weighted by atomic mass is 16.3. The van der Waals surface area contributed by atoms with Crippen LogP contribution in [0.2, 0.25) is 0 Å². The maximum absolute atomic E-state index is 11.1. The Morgan fingerprint density at radius 3 is 2.23 bits per heavy atom. The number of aliphatic hydroxyl groups is 1. The van der Waals surface area contributed by atoms with Crippen LogP contribution in [0.15, 0.2) is 53.6 Å². The van der Waals surface area contributed by atoms with E-state index in [4.69, 9.17) is 5.53 Å². The average Bonchev–Trinajstić information content (AvgIpc) is 2.82. The molecule has 0 aliphatic heterocycles. The van der Waals surface area contributed by atoms with Gasteiger partial charge in [0.05, 0.1) is 0 Å². The number of hydrogen-bond acceptors (Lipinski definition) is 2. The number of fused-ring (bicyclic) bond motifs is 3. The Labute approximate surface area is 129 Å². The molecule has 1 N–H and O–H groups in total. The molecule has 108 valence electrons. The first-order chi connectivity index (χ1) is 10.8. The van der Waals surface area contributed by atoms with Gasteiger partial charge in [0.25, 0.3) is 0 Å². The molecule has 0 saturated carbocycles. The molecule has 2 aromatic carbocycles. The van der Waals surface area contributed by atoms with Gasteiger partial charge >= 0.3 is 0 Å². The second-order valence-electron chi connectivity index (χ2n) is 5.16. The number of nitrogens with zero attached hydrogens (tertiary/aromatic N) is 3. The monoisotopic (exact) mass is 289 g/mol. The first-order valence-corrected chi connectivity index (χ1v) is 7.20. The molecule has 2 aromatic rings. The molecule has 4 heteroatoms. The molecule has 0 saturated heterocycles. The Kier molecular flexibility index (Phi) is 3.84. The summed E-state index contributed by atoms with van der Waals surface area (Å²) in [7, 11) is 0. The Balaban J connectivity index is 1.95. The van der Waals surface area contributed by atoms with Crippen LogP contribution >= 0.6 is 0 Å². The third kappa shape index (κ3) is 2.33. The molecular formula is C18H15N3O. The van der Waals surface area contributed by atoms with Crippen LogP contribution in [0.5, 0.6) is 0 Å². The Morgan fingerprint density at radius 1 is 1.05 bits per heavy atom. The van der Waals surface area contributed by atoms with Gasteiger partial charge in [-0.3, -0.25) is 0 Å². The van der Waals surface area contributed by atoms with Crippen molar-refractivity contribution in [2.75, 3.05) is 6.54 Å². The van der Waals surface area contributed by atoms with Gasteiger partial charge in [0, 0.05) is 29.0 Å². The zero-order valence-corrected chi connectivity index (χ0v) is 12.0. The van der Waals surface area contributed by atoms with E-state index in [2.05, 4.69) is 21.9 Å². The van der Waals surface area contributed by atoms with Crippen LogP contribution in [0.25, 0.3) is 21.6 Å². The second kappa shape index (κ2) is 5.95. The minimum Gasteiger partial charge on any atom is -0.369 e. The van der Waals surface area contributed by atoms with Gasteiger partial charge in [-0.2, -0.15) is 0 Å². The van der Waals surface area contributed by atoms with Crippen LogP contribution < -0.4 is 0 Å². The molecule has 0 fully saturated rings. The van der Waals surface area contributed by atoms with Gasteiger partial charge in [-0.15, -0.1) is 0 Å². The SMILES string of the molecule is [N-]=[N+]=NCCCC#CC1(O)c2ccccc2-c2ccccc21. The van der Waals surface area contributed by atoms with Gasteiger partial charge in [0.2, 0.25) is 0 Å². The Hall–Kier alpha value is -2.73. The van der Waals surface area contributed by atoms with E-state index in [0.29, 0.717) is 19.4 Å². The molecular weight excluding hydrogens is 274 g/mol. The fraction of sp³-hybridized carbons (Fsp3) is 0.222. The third-order valence-corrected chi connectivity index (χ3v) is 3.82. The highest BCUT2D eigenvalue weighted by Gasteiger charge is 2.39. The van der Waals surface area contributed by atoms with Crippen LogP contribution in [0, 0.1) is 11.8 Å². The smallest absolute Gasteiger partial charge is 0.178 e. The molecule has 0 spiro atoms. The maximum Gasteiger partial charge on any atom is 0.178 e. The summed E-state index contributed by atoms with van der Waals surface area (Å²) in [5.41, 5.74) is 10.7. The van der Waals surface area contributed by atoms with E-state index in [9.17, 15) is 5.11 Å². The summed E-state index contributed by atoms with van der Waals surface area (Å²) in [6, 6.07) is 15.6. The van der Waals surface area contributed by atoms with E-state index in [0.717, 1.165) is 22.3 Å². The van der Waals surface area contributed by atoms with E-state index in [1.54, 1.807) is 0 Å². The molecule has 0 atom stereocenters. The molecule has 0 heterocycles. The van der Waals surface area contributed by atoms with Crippen molar-refractivity contribution >= 4 is 0 Å². The van der Waals surface area contributed by atoms with Crippen LogP contribution in [-0.2, 0) is 5.60 Å². The standard InChI is InChI=1S/C18H15N3O/c19-21-20-13-7-1-6-12-18(22)16-10-4-2-8-14(16)15-9-3-5-11-17(15)18/h2-5,8-11,22H,1,7,13H2. The van der Waals surface area contributed by atoms with E-state index in [-0.39, 0.29) is 0 Å². The molecule has 1 aliphatic rings. The summed E-state index contributed by atoms with van der Waals surface area (Å²) in [5, 5.41) is 14.6. The van der Waals surface area contributed by atoms with Crippen LogP contribution in [0.1, 0.15) is 24.0 Å². The van der Waals surface area contributed by atoms with Crippen molar-refractivity contribution < 1.29 is 5.11 Å². The summed E-state index contributed by atoms with van der Waals surface area (Å²) >= 11 is 0. The van der Waals surface area contributed by atoms with E-state index >= 15 is 0 Å². The zero-order valence-electron chi connectivity index (χ0n) is 12.0. The molecule has 0 aromatic heterocycles. The quantitative estimate of drug-likeness (QED) is 0.300. The van der Waals surface area contributed by atoms with Gasteiger partial charge in [-0.1, -0.05) is 65.5 Å². The summed E-state index contributed by atoms with van der Waals surface area (Å²) in [5.74, 6) is 6.04. The minimum atomic E-state index is -1.26. The van der Waals surface area contributed by atoms with Crippen LogP contribution in [0.4, 0.5) is 0 Å². The number of unbranched alkanes of at least 4 members (excludes halogenated alkanes) is 1. The molecule has 3 rings (SSSR count). The average molecular weight is 289 g/mol. The summed E-state index contributed by atoms with van der Waals surface area (Å²) < 4.78 is 0. The normalized spacial score (nSPS) is 13.3. The lowest BCUT2D eigenvalue weighted by molar-refractivity contribution is 0.150. The molecule has 22 heavy (non-hydrogen) atoms. The number of azide groups is 1. The lowest BCUT2D eigenvalue weighted by Gasteiger charge is -2.18. The number of hydrogen-bond donors (Lipinski definition) is 1. The van der Waals surface area contributed by atoms with Crippen molar-refractivity contribution in [1.29, 1.82) is 0 Å². The van der Waals surface area contributed by atoms with E-state index in [1.165, 1.54) is 0 Å². The summed E-state index contributed by atoms with van der Waals surface area (Å²) in [6.45, 7) is 0.427. The van der Waals surface area contributed by atoms with Crippen molar-refractivity contribution in [2.45, 2.75) is 18.4 Å². The van der Waals surface area contributed by atoms with Crippen LogP contribution in [-0.4, -0.2) is 11.7 Å². The van der Waals surface area contributed by atoms with Crippen LogP contribution in [0.3, 0.4) is 0 Å². The highest BCUT2D eigenvalue weighted by Crippen LogP contribution is 2.46. The van der Waals surface area contributed by atoms with Gasteiger partial charge in [-0.25, -0.2) is 0 Å². The zero-order chi connectivity index (χ0) is 15.4. The molecule has 4 nitrogen and oxygen atoms in total. The highest BCUT2D eigenvalue weighted by molar-refractivity contribution is 5.81. The maximum atomic E-state index is 11.1. The summed E-state index contributed by atoms with van der Waals surface area (Å²) in [6.07, 6.45) is 1.28. The summed E-state index contributed by atoms with van der Waals surface area (Å²) in [4.78, 5) is 2.71. The first-order valence-electron chi connectivity index (χ1n) is 7.20. The van der Waals surface area contributed by atoms with Crippen molar-refractivity contribution in [1.82, 2.24) is 0 Å². The predicted molar refractivity (Wildman–Crippen MR) is 85.9 cm³/mol. The van der Waals surface area contributed by atoms with E-state index < -0.39 is 5.60 Å². The fourth-order valence-corrected chi connectivity index (χ4v) is 2.82. The van der Waals surface area contributed by atoms with Crippen molar-refractivity contribution in [3.63, 3.8) is 0 Å². The molecule has 0 bridgehead atoms. The molecule has 0 unspecified atom stereocenters.